The zero-order valence-corrected chi connectivity index (χ0v) is 17.8. The number of benzene rings is 2. The summed E-state index contributed by atoms with van der Waals surface area (Å²) in [6.45, 7) is 6.56. The number of hydrogen-bond donors (Lipinski definition) is 1. The van der Waals surface area contributed by atoms with E-state index < -0.39 is 0 Å². The van der Waals surface area contributed by atoms with Gasteiger partial charge in [-0.25, -0.2) is 10.4 Å². The highest BCUT2D eigenvalue weighted by Gasteiger charge is 2.16. The first-order chi connectivity index (χ1) is 14.9. The average molecular weight is 409 g/mol. The number of rotatable bonds is 4. The molecule has 4 rings (SSSR count). The minimum atomic E-state index is -0.281. The van der Waals surface area contributed by atoms with Crippen LogP contribution in [0.2, 0.25) is 0 Å². The zero-order valence-electron chi connectivity index (χ0n) is 17.8. The topological polar surface area (TPSA) is 67.2 Å². The number of para-hydroxylation sites is 1. The van der Waals surface area contributed by atoms with E-state index in [-0.39, 0.29) is 11.3 Å². The molecule has 0 aliphatic heterocycles. The summed E-state index contributed by atoms with van der Waals surface area (Å²) in [5, 5.41) is 4.88. The molecule has 0 aliphatic carbocycles. The molecule has 0 atom stereocenters. The van der Waals surface area contributed by atoms with Gasteiger partial charge in [-0.1, -0.05) is 63.2 Å². The SMILES string of the molecule is CC(C)(C)c1ccc(-c2cc(C(=O)NN=Cc3ccncc3)c3ccccc3n2)cc1. The highest BCUT2D eigenvalue weighted by molar-refractivity contribution is 6.07. The first-order valence-corrected chi connectivity index (χ1v) is 10.2. The molecule has 0 spiro atoms. The Bertz CT molecular complexity index is 1240. The van der Waals surface area contributed by atoms with Crippen LogP contribution >= 0.6 is 0 Å². The minimum Gasteiger partial charge on any atom is -0.267 e. The van der Waals surface area contributed by atoms with E-state index in [0.29, 0.717) is 5.56 Å². The third-order valence-electron chi connectivity index (χ3n) is 5.09. The van der Waals surface area contributed by atoms with Gasteiger partial charge in [0.2, 0.25) is 0 Å². The summed E-state index contributed by atoms with van der Waals surface area (Å²) < 4.78 is 0. The highest BCUT2D eigenvalue weighted by atomic mass is 16.2. The van der Waals surface area contributed by atoms with Crippen molar-refractivity contribution >= 4 is 23.0 Å². The molecule has 31 heavy (non-hydrogen) atoms. The third-order valence-corrected chi connectivity index (χ3v) is 5.09. The number of hydrazone groups is 1. The Morgan fingerprint density at radius 2 is 1.68 bits per heavy atom. The number of carbonyl (C=O) groups excluding carboxylic acids is 1. The summed E-state index contributed by atoms with van der Waals surface area (Å²) in [4.78, 5) is 21.7. The van der Waals surface area contributed by atoms with Gasteiger partial charge in [-0.15, -0.1) is 0 Å². The number of fused-ring (bicyclic) bond motifs is 1. The van der Waals surface area contributed by atoms with Crippen LogP contribution in [0.1, 0.15) is 42.3 Å². The molecule has 0 aliphatic rings. The van der Waals surface area contributed by atoms with Crippen LogP contribution in [0.3, 0.4) is 0 Å². The quantitative estimate of drug-likeness (QED) is 0.365. The second kappa shape index (κ2) is 8.48. The fraction of sp³-hybridized carbons (Fsp3) is 0.154. The van der Waals surface area contributed by atoms with Crippen LogP contribution in [0.15, 0.2) is 84.2 Å². The van der Waals surface area contributed by atoms with Gasteiger partial charge in [0.1, 0.15) is 0 Å². The van der Waals surface area contributed by atoms with Gasteiger partial charge < -0.3 is 0 Å². The molecule has 1 amide bonds. The van der Waals surface area contributed by atoms with Crippen molar-refractivity contribution in [3.8, 4) is 11.3 Å². The Morgan fingerprint density at radius 3 is 2.39 bits per heavy atom. The lowest BCUT2D eigenvalue weighted by molar-refractivity contribution is 0.0956. The number of amides is 1. The third kappa shape index (κ3) is 4.67. The molecule has 2 aromatic carbocycles. The van der Waals surface area contributed by atoms with Crippen LogP contribution in [0.4, 0.5) is 0 Å². The Balaban J connectivity index is 1.68. The Kier molecular flexibility index (Phi) is 5.58. The molecule has 2 heterocycles. The van der Waals surface area contributed by atoms with Crippen molar-refractivity contribution in [2.75, 3.05) is 0 Å². The van der Waals surface area contributed by atoms with Crippen molar-refractivity contribution < 1.29 is 4.79 Å². The lowest BCUT2D eigenvalue weighted by atomic mass is 9.86. The minimum absolute atomic E-state index is 0.0766. The van der Waals surface area contributed by atoms with Gasteiger partial charge in [-0.2, -0.15) is 5.10 Å². The van der Waals surface area contributed by atoms with Gasteiger partial charge in [-0.05, 0) is 40.8 Å². The van der Waals surface area contributed by atoms with Crippen molar-refractivity contribution in [3.63, 3.8) is 0 Å². The Labute approximate surface area is 181 Å². The number of hydrogen-bond acceptors (Lipinski definition) is 4. The maximum Gasteiger partial charge on any atom is 0.272 e. The fourth-order valence-electron chi connectivity index (χ4n) is 3.33. The normalized spacial score (nSPS) is 11.7. The molecular formula is C26H24N4O. The Morgan fingerprint density at radius 1 is 0.968 bits per heavy atom. The van der Waals surface area contributed by atoms with E-state index in [0.717, 1.165) is 27.7 Å². The molecule has 5 nitrogen and oxygen atoms in total. The van der Waals surface area contributed by atoms with Gasteiger partial charge >= 0.3 is 0 Å². The summed E-state index contributed by atoms with van der Waals surface area (Å²) >= 11 is 0. The molecule has 0 fully saturated rings. The van der Waals surface area contributed by atoms with Crippen molar-refractivity contribution in [3.05, 3.63) is 95.8 Å². The zero-order chi connectivity index (χ0) is 21.8. The van der Waals surface area contributed by atoms with Crippen LogP contribution in [0, 0.1) is 0 Å². The van der Waals surface area contributed by atoms with Gasteiger partial charge in [0.25, 0.3) is 5.91 Å². The number of pyridine rings is 2. The number of carbonyl (C=O) groups is 1. The fourth-order valence-corrected chi connectivity index (χ4v) is 3.33. The molecule has 154 valence electrons. The van der Waals surface area contributed by atoms with E-state index in [1.807, 2.05) is 42.5 Å². The maximum absolute atomic E-state index is 13.0. The van der Waals surface area contributed by atoms with E-state index >= 15 is 0 Å². The van der Waals surface area contributed by atoms with Gasteiger partial charge in [0.15, 0.2) is 0 Å². The summed E-state index contributed by atoms with van der Waals surface area (Å²) in [6, 6.07) is 21.4. The molecule has 5 heteroatoms. The van der Waals surface area contributed by atoms with E-state index in [4.69, 9.17) is 4.98 Å². The summed E-state index contributed by atoms with van der Waals surface area (Å²) in [5.74, 6) is -0.281. The van der Waals surface area contributed by atoms with Crippen molar-refractivity contribution in [1.82, 2.24) is 15.4 Å². The largest absolute Gasteiger partial charge is 0.272 e. The smallest absolute Gasteiger partial charge is 0.267 e. The monoisotopic (exact) mass is 408 g/mol. The molecule has 0 saturated carbocycles. The average Bonchev–Trinajstić information content (AvgIpc) is 2.78. The Hall–Kier alpha value is -3.86. The van der Waals surface area contributed by atoms with Gasteiger partial charge in [-0.3, -0.25) is 9.78 Å². The second-order valence-electron chi connectivity index (χ2n) is 8.38. The van der Waals surface area contributed by atoms with Gasteiger partial charge in [0.05, 0.1) is 23.0 Å². The lowest BCUT2D eigenvalue weighted by Crippen LogP contribution is -2.18. The first-order valence-electron chi connectivity index (χ1n) is 10.2. The lowest BCUT2D eigenvalue weighted by Gasteiger charge is -2.19. The predicted octanol–water partition coefficient (Wildman–Crippen LogP) is 5.36. The van der Waals surface area contributed by atoms with Crippen LogP contribution in [0.25, 0.3) is 22.2 Å². The molecular weight excluding hydrogens is 384 g/mol. The van der Waals surface area contributed by atoms with E-state index in [1.165, 1.54) is 5.56 Å². The van der Waals surface area contributed by atoms with E-state index in [9.17, 15) is 4.79 Å². The number of nitrogens with one attached hydrogen (secondary N) is 1. The molecule has 4 aromatic rings. The molecule has 1 N–H and O–H groups in total. The summed E-state index contributed by atoms with van der Waals surface area (Å²) in [6.07, 6.45) is 4.95. The molecule has 0 radical (unpaired) electrons. The summed E-state index contributed by atoms with van der Waals surface area (Å²) in [7, 11) is 0. The van der Waals surface area contributed by atoms with Crippen LogP contribution in [-0.2, 0) is 5.41 Å². The van der Waals surface area contributed by atoms with Crippen LogP contribution in [-0.4, -0.2) is 22.1 Å². The molecule has 0 unspecified atom stereocenters. The summed E-state index contributed by atoms with van der Waals surface area (Å²) in [5.41, 5.74) is 7.83. The van der Waals surface area contributed by atoms with Crippen molar-refractivity contribution in [2.45, 2.75) is 26.2 Å². The number of aromatic nitrogens is 2. The standard InChI is InChI=1S/C26H24N4O/c1-26(2,3)20-10-8-19(9-11-20)24-16-22(21-6-4-5-7-23(21)29-24)25(31)30-28-17-18-12-14-27-15-13-18/h4-17H,1-3H3,(H,30,31). The number of nitrogens with zero attached hydrogens (tertiary/aromatic N) is 3. The second-order valence-corrected chi connectivity index (χ2v) is 8.38. The maximum atomic E-state index is 13.0. The molecule has 0 saturated heterocycles. The van der Waals surface area contributed by atoms with E-state index in [1.54, 1.807) is 18.6 Å². The molecule has 0 bridgehead atoms. The highest BCUT2D eigenvalue weighted by Crippen LogP contribution is 2.28. The van der Waals surface area contributed by atoms with Crippen LogP contribution < -0.4 is 5.43 Å². The van der Waals surface area contributed by atoms with Crippen molar-refractivity contribution in [1.29, 1.82) is 0 Å². The van der Waals surface area contributed by atoms with E-state index in [2.05, 4.69) is 60.5 Å². The first kappa shape index (κ1) is 20.4. The van der Waals surface area contributed by atoms with Crippen LogP contribution in [0.5, 0.6) is 0 Å². The molecule has 2 aromatic heterocycles. The predicted molar refractivity (Wildman–Crippen MR) is 125 cm³/mol. The van der Waals surface area contributed by atoms with Gasteiger partial charge in [0, 0.05) is 23.3 Å². The van der Waals surface area contributed by atoms with Crippen molar-refractivity contribution in [2.24, 2.45) is 5.10 Å².